The first-order valence-corrected chi connectivity index (χ1v) is 9.08. The highest BCUT2D eigenvalue weighted by Crippen LogP contribution is 2.30. The lowest BCUT2D eigenvalue weighted by atomic mass is 10.2. The standard InChI is InChI=1S/C20H23N5O2/c1-21-20(22-11-10-19-24-15-6-2-3-7-16(15)25-19)23-12-14-13-26-17-8-4-5-9-18(17)27-14/h2-9,14H,10-13H2,1H3,(H,24,25)(H2,21,22,23). The molecule has 4 rings (SSSR count). The molecule has 0 radical (unpaired) electrons. The second-order valence-corrected chi connectivity index (χ2v) is 6.33. The van der Waals surface area contributed by atoms with Crippen LogP contribution in [-0.2, 0) is 6.42 Å². The average molecular weight is 365 g/mol. The molecule has 1 atom stereocenters. The van der Waals surface area contributed by atoms with Crippen LogP contribution in [0.15, 0.2) is 53.5 Å². The van der Waals surface area contributed by atoms with E-state index in [0.717, 1.165) is 47.3 Å². The van der Waals surface area contributed by atoms with E-state index in [-0.39, 0.29) is 6.10 Å². The maximum Gasteiger partial charge on any atom is 0.191 e. The number of nitrogens with zero attached hydrogens (tertiary/aromatic N) is 2. The van der Waals surface area contributed by atoms with Gasteiger partial charge < -0.3 is 25.1 Å². The molecule has 0 aliphatic carbocycles. The Morgan fingerprint density at radius 3 is 2.81 bits per heavy atom. The molecule has 1 aliphatic heterocycles. The summed E-state index contributed by atoms with van der Waals surface area (Å²) < 4.78 is 11.7. The lowest BCUT2D eigenvalue weighted by Gasteiger charge is -2.27. The van der Waals surface area contributed by atoms with Crippen LogP contribution in [0.1, 0.15) is 5.82 Å². The van der Waals surface area contributed by atoms with Gasteiger partial charge in [-0.15, -0.1) is 0 Å². The molecule has 1 aromatic heterocycles. The highest BCUT2D eigenvalue weighted by molar-refractivity contribution is 5.79. The number of hydrogen-bond donors (Lipinski definition) is 3. The van der Waals surface area contributed by atoms with Crippen LogP contribution in [0.3, 0.4) is 0 Å². The second kappa shape index (κ2) is 7.99. The molecule has 1 unspecified atom stereocenters. The van der Waals surface area contributed by atoms with Gasteiger partial charge in [-0.3, -0.25) is 4.99 Å². The number of aromatic amines is 1. The molecule has 3 aromatic rings. The van der Waals surface area contributed by atoms with Crippen molar-refractivity contribution < 1.29 is 9.47 Å². The van der Waals surface area contributed by atoms with E-state index < -0.39 is 0 Å². The van der Waals surface area contributed by atoms with Crippen molar-refractivity contribution in [2.24, 2.45) is 4.99 Å². The van der Waals surface area contributed by atoms with E-state index in [1.54, 1.807) is 7.05 Å². The summed E-state index contributed by atoms with van der Waals surface area (Å²) in [5.74, 6) is 3.26. The number of ether oxygens (including phenoxy) is 2. The van der Waals surface area contributed by atoms with Crippen molar-refractivity contribution in [1.82, 2.24) is 20.6 Å². The van der Waals surface area contributed by atoms with Crippen molar-refractivity contribution in [1.29, 1.82) is 0 Å². The van der Waals surface area contributed by atoms with Gasteiger partial charge in [-0.25, -0.2) is 4.98 Å². The molecule has 0 saturated heterocycles. The molecule has 0 saturated carbocycles. The van der Waals surface area contributed by atoms with Crippen molar-refractivity contribution in [2.45, 2.75) is 12.5 Å². The maximum atomic E-state index is 5.95. The lowest BCUT2D eigenvalue weighted by molar-refractivity contribution is 0.0936. The smallest absolute Gasteiger partial charge is 0.191 e. The van der Waals surface area contributed by atoms with E-state index in [4.69, 9.17) is 9.47 Å². The Bertz CT molecular complexity index is 904. The van der Waals surface area contributed by atoms with Crippen LogP contribution in [0.2, 0.25) is 0 Å². The zero-order chi connectivity index (χ0) is 18.5. The fourth-order valence-corrected chi connectivity index (χ4v) is 3.02. The van der Waals surface area contributed by atoms with Gasteiger partial charge in [0.1, 0.15) is 18.5 Å². The van der Waals surface area contributed by atoms with Gasteiger partial charge in [0.15, 0.2) is 17.5 Å². The Morgan fingerprint density at radius 2 is 1.96 bits per heavy atom. The number of imidazole rings is 1. The Labute approximate surface area is 157 Å². The van der Waals surface area contributed by atoms with Gasteiger partial charge in [0.2, 0.25) is 0 Å². The maximum absolute atomic E-state index is 5.95. The molecule has 0 fully saturated rings. The number of aliphatic imine (C=N–C) groups is 1. The normalized spacial score (nSPS) is 16.3. The highest BCUT2D eigenvalue weighted by Gasteiger charge is 2.20. The van der Waals surface area contributed by atoms with Crippen LogP contribution >= 0.6 is 0 Å². The quantitative estimate of drug-likeness (QED) is 0.476. The van der Waals surface area contributed by atoms with E-state index >= 15 is 0 Å². The van der Waals surface area contributed by atoms with Crippen LogP contribution in [0, 0.1) is 0 Å². The van der Waals surface area contributed by atoms with Crippen LogP contribution in [-0.4, -0.2) is 48.8 Å². The third kappa shape index (κ3) is 4.13. The zero-order valence-corrected chi connectivity index (χ0v) is 15.2. The summed E-state index contributed by atoms with van der Waals surface area (Å²) in [5.41, 5.74) is 2.05. The van der Waals surface area contributed by atoms with Crippen molar-refractivity contribution in [3.05, 3.63) is 54.4 Å². The first kappa shape index (κ1) is 17.2. The topological polar surface area (TPSA) is 83.6 Å². The highest BCUT2D eigenvalue weighted by atomic mass is 16.6. The Hall–Kier alpha value is -3.22. The lowest BCUT2D eigenvalue weighted by Crippen LogP contribution is -2.45. The summed E-state index contributed by atoms with van der Waals surface area (Å²) in [5, 5.41) is 6.59. The van der Waals surface area contributed by atoms with Crippen molar-refractivity contribution >= 4 is 17.0 Å². The molecule has 1 aliphatic rings. The van der Waals surface area contributed by atoms with Gasteiger partial charge in [-0.05, 0) is 24.3 Å². The SMILES string of the molecule is CN=C(NCCc1nc2ccccc2[nH]1)NCC1COc2ccccc2O1. The van der Waals surface area contributed by atoms with E-state index in [1.807, 2.05) is 48.5 Å². The van der Waals surface area contributed by atoms with Gasteiger partial charge in [-0.1, -0.05) is 24.3 Å². The van der Waals surface area contributed by atoms with Crippen LogP contribution in [0.25, 0.3) is 11.0 Å². The monoisotopic (exact) mass is 365 g/mol. The molecule has 0 amide bonds. The third-order valence-electron chi connectivity index (χ3n) is 4.38. The number of aromatic nitrogens is 2. The minimum atomic E-state index is -0.0613. The predicted octanol–water partition coefficient (Wildman–Crippen LogP) is 2.11. The summed E-state index contributed by atoms with van der Waals surface area (Å²) in [7, 11) is 1.75. The molecular weight excluding hydrogens is 342 g/mol. The van der Waals surface area contributed by atoms with E-state index in [0.29, 0.717) is 13.2 Å². The molecule has 140 valence electrons. The van der Waals surface area contributed by atoms with Gasteiger partial charge >= 0.3 is 0 Å². The fraction of sp³-hybridized carbons (Fsp3) is 0.300. The third-order valence-corrected chi connectivity index (χ3v) is 4.38. The number of H-pyrrole nitrogens is 1. The molecule has 0 bridgehead atoms. The van der Waals surface area contributed by atoms with Crippen LogP contribution in [0.5, 0.6) is 11.5 Å². The molecule has 2 aromatic carbocycles. The molecule has 7 heteroatoms. The largest absolute Gasteiger partial charge is 0.486 e. The van der Waals surface area contributed by atoms with Gasteiger partial charge in [0.05, 0.1) is 17.6 Å². The summed E-state index contributed by atoms with van der Waals surface area (Å²) in [4.78, 5) is 12.2. The van der Waals surface area contributed by atoms with Crippen molar-refractivity contribution in [3.63, 3.8) is 0 Å². The molecule has 3 N–H and O–H groups in total. The Balaban J connectivity index is 1.24. The Morgan fingerprint density at radius 1 is 1.15 bits per heavy atom. The van der Waals surface area contributed by atoms with E-state index in [9.17, 15) is 0 Å². The number of guanidine groups is 1. The summed E-state index contributed by atoms with van der Waals surface area (Å²) in [6.45, 7) is 1.85. The average Bonchev–Trinajstić information content (AvgIpc) is 3.13. The number of fused-ring (bicyclic) bond motifs is 2. The predicted molar refractivity (Wildman–Crippen MR) is 106 cm³/mol. The molecule has 27 heavy (non-hydrogen) atoms. The summed E-state index contributed by atoms with van der Waals surface area (Å²) in [6.07, 6.45) is 0.722. The number of para-hydroxylation sites is 4. The number of hydrogen-bond acceptors (Lipinski definition) is 4. The minimum Gasteiger partial charge on any atom is -0.486 e. The van der Waals surface area contributed by atoms with Gasteiger partial charge in [-0.2, -0.15) is 0 Å². The van der Waals surface area contributed by atoms with Gasteiger partial charge in [0.25, 0.3) is 0 Å². The van der Waals surface area contributed by atoms with Crippen LogP contribution in [0.4, 0.5) is 0 Å². The van der Waals surface area contributed by atoms with Crippen LogP contribution < -0.4 is 20.1 Å². The molecular formula is C20H23N5O2. The van der Waals surface area contributed by atoms with E-state index in [1.165, 1.54) is 0 Å². The molecule has 7 nitrogen and oxygen atoms in total. The van der Waals surface area contributed by atoms with Gasteiger partial charge in [0, 0.05) is 20.0 Å². The summed E-state index contributed by atoms with van der Waals surface area (Å²) >= 11 is 0. The number of benzene rings is 2. The molecule has 0 spiro atoms. The van der Waals surface area contributed by atoms with Crippen molar-refractivity contribution in [2.75, 3.05) is 26.7 Å². The zero-order valence-electron chi connectivity index (χ0n) is 15.2. The number of rotatable bonds is 5. The second-order valence-electron chi connectivity index (χ2n) is 6.33. The first-order chi connectivity index (χ1) is 13.3. The molecule has 2 heterocycles. The summed E-state index contributed by atoms with van der Waals surface area (Å²) in [6, 6.07) is 15.7. The van der Waals surface area contributed by atoms with E-state index in [2.05, 4.69) is 25.6 Å². The number of nitrogens with one attached hydrogen (secondary N) is 3. The fourth-order valence-electron chi connectivity index (χ4n) is 3.02. The first-order valence-electron chi connectivity index (χ1n) is 9.08. The van der Waals surface area contributed by atoms with Crippen molar-refractivity contribution in [3.8, 4) is 11.5 Å². The Kier molecular flexibility index (Phi) is 5.09. The minimum absolute atomic E-state index is 0.0613.